The maximum absolute atomic E-state index is 13.1. The van der Waals surface area contributed by atoms with Gasteiger partial charge in [0.05, 0.1) is 11.3 Å². The van der Waals surface area contributed by atoms with Gasteiger partial charge in [0.1, 0.15) is 11.3 Å². The summed E-state index contributed by atoms with van der Waals surface area (Å²) in [6.07, 6.45) is -2.27. The number of carbonyl (C=O) groups excluding carboxylic acids is 1. The average Bonchev–Trinajstić information content (AvgIpc) is 2.93. The molecular formula is C17H22F3N5O. The third-order valence-corrected chi connectivity index (χ3v) is 4.48. The van der Waals surface area contributed by atoms with Crippen LogP contribution in [0.15, 0.2) is 18.3 Å². The largest absolute Gasteiger partial charge is 0.417 e. The molecule has 2 aromatic rings. The predicted molar refractivity (Wildman–Crippen MR) is 90.7 cm³/mol. The van der Waals surface area contributed by atoms with Crippen LogP contribution in [0.25, 0.3) is 5.65 Å². The van der Waals surface area contributed by atoms with Crippen LogP contribution in [0, 0.1) is 0 Å². The third kappa shape index (κ3) is 3.83. The third-order valence-electron chi connectivity index (χ3n) is 4.48. The van der Waals surface area contributed by atoms with Crippen LogP contribution in [0.2, 0.25) is 0 Å². The van der Waals surface area contributed by atoms with Crippen molar-refractivity contribution in [2.24, 2.45) is 0 Å². The molecule has 0 atom stereocenters. The zero-order chi connectivity index (χ0) is 18.9. The lowest BCUT2D eigenvalue weighted by atomic mass is 10.2. The fourth-order valence-corrected chi connectivity index (χ4v) is 3.03. The van der Waals surface area contributed by atoms with Crippen LogP contribution in [0.3, 0.4) is 0 Å². The molecule has 1 aliphatic rings. The lowest BCUT2D eigenvalue weighted by Gasteiger charge is -2.32. The van der Waals surface area contributed by atoms with Crippen LogP contribution in [0.1, 0.15) is 35.1 Å². The van der Waals surface area contributed by atoms with Crippen molar-refractivity contribution in [1.29, 1.82) is 0 Å². The van der Waals surface area contributed by atoms with Gasteiger partial charge in [-0.2, -0.15) is 13.2 Å². The molecule has 1 aliphatic heterocycles. The second-order valence-corrected chi connectivity index (χ2v) is 6.53. The number of hydrogen-bond donors (Lipinski definition) is 1. The summed E-state index contributed by atoms with van der Waals surface area (Å²) >= 11 is 0. The highest BCUT2D eigenvalue weighted by Crippen LogP contribution is 2.30. The molecule has 2 aromatic heterocycles. The van der Waals surface area contributed by atoms with Gasteiger partial charge >= 0.3 is 6.18 Å². The molecule has 1 N–H and O–H groups in total. The number of alkyl halides is 3. The van der Waals surface area contributed by atoms with Gasteiger partial charge in [-0.15, -0.1) is 0 Å². The Kier molecular flexibility index (Phi) is 5.19. The molecular weight excluding hydrogens is 347 g/mol. The topological polar surface area (TPSA) is 52.9 Å². The van der Waals surface area contributed by atoms with Gasteiger partial charge in [0, 0.05) is 32.4 Å². The summed E-state index contributed by atoms with van der Waals surface area (Å²) in [6.45, 7) is 4.89. The van der Waals surface area contributed by atoms with Crippen LogP contribution in [-0.4, -0.2) is 58.4 Å². The van der Waals surface area contributed by atoms with Gasteiger partial charge in [-0.05, 0) is 25.6 Å². The lowest BCUT2D eigenvalue weighted by molar-refractivity contribution is -0.137. The molecule has 0 aromatic carbocycles. The zero-order valence-electron chi connectivity index (χ0n) is 14.8. The molecule has 26 heavy (non-hydrogen) atoms. The smallest absolute Gasteiger partial charge is 0.304 e. The number of carbonyl (C=O) groups is 1. The number of likely N-dealkylation sites (N-methyl/N-ethyl adjacent to an activating group) is 1. The zero-order valence-corrected chi connectivity index (χ0v) is 14.8. The van der Waals surface area contributed by atoms with E-state index in [9.17, 15) is 18.0 Å². The number of hydrogen-bond acceptors (Lipinski definition) is 4. The fourth-order valence-electron chi connectivity index (χ4n) is 3.03. The standard InChI is InChI=1S/C17H22F3N5O/c1-3-4-13-15(16(26)22-24-9-7-23(2)8-10-24)25-11-12(17(18,19)20)5-6-14(25)21-13/h5-6,11H,3-4,7-10H2,1-2H3,(H,22,26). The summed E-state index contributed by atoms with van der Waals surface area (Å²) in [7, 11) is 2.00. The molecule has 1 fully saturated rings. The molecule has 0 spiro atoms. The first-order valence-corrected chi connectivity index (χ1v) is 8.62. The van der Waals surface area contributed by atoms with Gasteiger partial charge in [-0.3, -0.25) is 14.6 Å². The number of nitrogens with one attached hydrogen (secondary N) is 1. The minimum atomic E-state index is -4.48. The SMILES string of the molecule is CCCc1nc2ccc(C(F)(F)F)cn2c1C(=O)NN1CCN(C)CC1. The molecule has 3 heterocycles. The van der Waals surface area contributed by atoms with E-state index in [-0.39, 0.29) is 5.69 Å². The molecule has 1 saturated heterocycles. The molecule has 0 aliphatic carbocycles. The van der Waals surface area contributed by atoms with Gasteiger partial charge in [-0.1, -0.05) is 13.3 Å². The molecule has 9 heteroatoms. The fraction of sp³-hybridized carbons (Fsp3) is 0.529. The number of fused-ring (bicyclic) bond motifs is 1. The molecule has 142 valence electrons. The Morgan fingerprint density at radius 2 is 1.92 bits per heavy atom. The molecule has 0 unspecified atom stereocenters. The van der Waals surface area contributed by atoms with Crippen LogP contribution < -0.4 is 5.43 Å². The summed E-state index contributed by atoms with van der Waals surface area (Å²) < 4.78 is 40.4. The minimum Gasteiger partial charge on any atom is -0.304 e. The number of pyridine rings is 1. The maximum atomic E-state index is 13.1. The number of aromatic nitrogens is 2. The molecule has 6 nitrogen and oxygen atoms in total. The van der Waals surface area contributed by atoms with E-state index in [2.05, 4.69) is 15.3 Å². The van der Waals surface area contributed by atoms with E-state index < -0.39 is 17.6 Å². The lowest BCUT2D eigenvalue weighted by Crippen LogP contribution is -2.52. The summed E-state index contributed by atoms with van der Waals surface area (Å²) in [5.41, 5.74) is 3.03. The van der Waals surface area contributed by atoms with Crippen molar-refractivity contribution in [1.82, 2.24) is 24.7 Å². The highest BCUT2D eigenvalue weighted by molar-refractivity contribution is 5.94. The van der Waals surface area contributed by atoms with Crippen LogP contribution in [-0.2, 0) is 12.6 Å². The van der Waals surface area contributed by atoms with Crippen LogP contribution in [0.5, 0.6) is 0 Å². The Morgan fingerprint density at radius 1 is 1.23 bits per heavy atom. The van der Waals surface area contributed by atoms with Crippen molar-refractivity contribution in [2.75, 3.05) is 33.2 Å². The highest BCUT2D eigenvalue weighted by atomic mass is 19.4. The number of piperazine rings is 1. The summed E-state index contributed by atoms with van der Waals surface area (Å²) in [5, 5.41) is 1.80. The van der Waals surface area contributed by atoms with Crippen molar-refractivity contribution in [2.45, 2.75) is 25.9 Å². The van der Waals surface area contributed by atoms with E-state index in [1.165, 1.54) is 10.5 Å². The van der Waals surface area contributed by atoms with Gasteiger partial charge in [-0.25, -0.2) is 9.99 Å². The Morgan fingerprint density at radius 3 is 2.54 bits per heavy atom. The van der Waals surface area contributed by atoms with Crippen LogP contribution >= 0.6 is 0 Å². The minimum absolute atomic E-state index is 0.173. The van der Waals surface area contributed by atoms with Crippen molar-refractivity contribution in [3.63, 3.8) is 0 Å². The first kappa shape index (κ1) is 18.7. The number of rotatable bonds is 4. The Balaban J connectivity index is 1.95. The second kappa shape index (κ2) is 7.24. The number of aryl methyl sites for hydroxylation is 1. The van der Waals surface area contributed by atoms with E-state index in [1.807, 2.05) is 14.0 Å². The Bertz CT molecular complexity index is 794. The molecule has 3 rings (SSSR count). The summed E-state index contributed by atoms with van der Waals surface area (Å²) in [4.78, 5) is 19.3. The number of amides is 1. The van der Waals surface area contributed by atoms with Gasteiger partial charge in [0.2, 0.25) is 0 Å². The number of hydrazine groups is 1. The molecule has 0 saturated carbocycles. The molecule has 0 bridgehead atoms. The van der Waals surface area contributed by atoms with Crippen molar-refractivity contribution < 1.29 is 18.0 Å². The summed E-state index contributed by atoms with van der Waals surface area (Å²) in [6, 6.07) is 2.29. The van der Waals surface area contributed by atoms with Gasteiger partial charge in [0.15, 0.2) is 0 Å². The van der Waals surface area contributed by atoms with Crippen molar-refractivity contribution in [3.8, 4) is 0 Å². The van der Waals surface area contributed by atoms with Gasteiger partial charge in [0.25, 0.3) is 5.91 Å². The van der Waals surface area contributed by atoms with Crippen molar-refractivity contribution in [3.05, 3.63) is 35.3 Å². The first-order chi connectivity index (χ1) is 12.3. The molecule has 0 radical (unpaired) electrons. The number of imidazole rings is 1. The van der Waals surface area contributed by atoms with Gasteiger partial charge < -0.3 is 4.90 Å². The molecule has 1 amide bonds. The predicted octanol–water partition coefficient (Wildman–Crippen LogP) is 2.20. The highest BCUT2D eigenvalue weighted by Gasteiger charge is 2.32. The van der Waals surface area contributed by atoms with E-state index >= 15 is 0 Å². The monoisotopic (exact) mass is 369 g/mol. The first-order valence-electron chi connectivity index (χ1n) is 8.62. The Hall–Kier alpha value is -2.13. The number of nitrogens with zero attached hydrogens (tertiary/aromatic N) is 4. The Labute approximate surface area is 149 Å². The maximum Gasteiger partial charge on any atom is 0.417 e. The van der Waals surface area contributed by atoms with E-state index in [0.717, 1.165) is 31.8 Å². The van der Waals surface area contributed by atoms with E-state index in [1.54, 1.807) is 5.01 Å². The number of halogens is 3. The quantitative estimate of drug-likeness (QED) is 0.898. The van der Waals surface area contributed by atoms with E-state index in [0.29, 0.717) is 30.9 Å². The van der Waals surface area contributed by atoms with E-state index in [4.69, 9.17) is 0 Å². The van der Waals surface area contributed by atoms with Crippen molar-refractivity contribution >= 4 is 11.6 Å². The van der Waals surface area contributed by atoms with Crippen LogP contribution in [0.4, 0.5) is 13.2 Å². The summed E-state index contributed by atoms with van der Waals surface area (Å²) in [5.74, 6) is -0.426. The second-order valence-electron chi connectivity index (χ2n) is 6.53. The average molecular weight is 369 g/mol. The normalized spacial score (nSPS) is 17.0.